The van der Waals surface area contributed by atoms with Crippen molar-refractivity contribution in [3.8, 4) is 0 Å². The minimum atomic E-state index is -4.57. The summed E-state index contributed by atoms with van der Waals surface area (Å²) >= 11 is 0. The van der Waals surface area contributed by atoms with Crippen LogP contribution in [0.5, 0.6) is 0 Å². The third-order valence-corrected chi connectivity index (χ3v) is 2.40. The van der Waals surface area contributed by atoms with Crippen molar-refractivity contribution in [2.45, 2.75) is 38.3 Å². The van der Waals surface area contributed by atoms with Gasteiger partial charge in [0.05, 0.1) is 5.56 Å². The van der Waals surface area contributed by atoms with Gasteiger partial charge in [0, 0.05) is 6.04 Å². The molecule has 1 N–H and O–H groups in total. The zero-order valence-corrected chi connectivity index (χ0v) is 10.2. The predicted molar refractivity (Wildman–Crippen MR) is 58.5 cm³/mol. The lowest BCUT2D eigenvalue weighted by Gasteiger charge is -2.24. The second-order valence-electron chi connectivity index (χ2n) is 4.42. The van der Waals surface area contributed by atoms with Gasteiger partial charge in [-0.1, -0.05) is 26.0 Å². The largest absolute Gasteiger partial charge is 0.416 e. The summed E-state index contributed by atoms with van der Waals surface area (Å²) in [6, 6.07) is 0.558. The van der Waals surface area contributed by atoms with E-state index in [9.17, 15) is 26.3 Å². The summed E-state index contributed by atoms with van der Waals surface area (Å²) in [6.45, 7) is 3.06. The van der Waals surface area contributed by atoms with Crippen molar-refractivity contribution in [1.82, 2.24) is 5.32 Å². The summed E-state index contributed by atoms with van der Waals surface area (Å²) in [6.07, 6.45) is -9.12. The van der Waals surface area contributed by atoms with E-state index in [4.69, 9.17) is 0 Å². The maximum absolute atomic E-state index is 12.8. The first-order valence-corrected chi connectivity index (χ1v) is 5.51. The molecule has 0 bridgehead atoms. The molecule has 1 aromatic carbocycles. The zero-order valence-electron chi connectivity index (χ0n) is 10.2. The van der Waals surface area contributed by atoms with Crippen molar-refractivity contribution in [3.63, 3.8) is 0 Å². The molecule has 1 nitrogen and oxygen atoms in total. The highest BCUT2D eigenvalue weighted by molar-refractivity contribution is 5.27. The fourth-order valence-electron chi connectivity index (χ4n) is 1.58. The van der Waals surface area contributed by atoms with Crippen LogP contribution >= 0.6 is 0 Å². The standard InChI is InChI=1S/C12H13F6N/c1-7(2)19-10(12(16,17)18)8-3-5-9(6-4-8)11(13,14)15/h3-7,10,19H,1-2H3/t10-/m1/s1. The molecule has 0 saturated heterocycles. The Hall–Kier alpha value is -1.24. The summed E-state index contributed by atoms with van der Waals surface area (Å²) in [5.41, 5.74) is -1.21. The van der Waals surface area contributed by atoms with E-state index in [1.54, 1.807) is 0 Å². The highest BCUT2D eigenvalue weighted by Gasteiger charge is 2.41. The zero-order chi connectivity index (χ0) is 14.8. The molecule has 0 aliphatic rings. The molecule has 0 heterocycles. The number of nitrogens with one attached hydrogen (secondary N) is 1. The maximum atomic E-state index is 12.8. The van der Waals surface area contributed by atoms with Gasteiger partial charge in [0.15, 0.2) is 0 Å². The fourth-order valence-corrected chi connectivity index (χ4v) is 1.58. The molecule has 0 aliphatic carbocycles. The lowest BCUT2D eigenvalue weighted by atomic mass is 10.0. The van der Waals surface area contributed by atoms with Crippen LogP contribution in [0.4, 0.5) is 26.3 Å². The van der Waals surface area contributed by atoms with E-state index in [2.05, 4.69) is 5.32 Å². The summed E-state index contributed by atoms with van der Waals surface area (Å²) in [4.78, 5) is 0. The molecule has 0 radical (unpaired) electrons. The number of hydrogen-bond donors (Lipinski definition) is 1. The van der Waals surface area contributed by atoms with Crippen molar-refractivity contribution < 1.29 is 26.3 Å². The van der Waals surface area contributed by atoms with Gasteiger partial charge in [-0.15, -0.1) is 0 Å². The van der Waals surface area contributed by atoms with Crippen LogP contribution in [-0.2, 0) is 6.18 Å². The van der Waals surface area contributed by atoms with Crippen LogP contribution < -0.4 is 5.32 Å². The Morgan fingerprint density at radius 1 is 0.895 bits per heavy atom. The summed E-state index contributed by atoms with van der Waals surface area (Å²) in [5, 5.41) is 2.29. The first kappa shape index (κ1) is 15.8. The van der Waals surface area contributed by atoms with Gasteiger partial charge in [0.25, 0.3) is 0 Å². The highest BCUT2D eigenvalue weighted by Crippen LogP contribution is 2.35. The molecule has 0 spiro atoms. The monoisotopic (exact) mass is 285 g/mol. The molecule has 1 atom stereocenters. The molecule has 0 fully saturated rings. The molecule has 0 saturated carbocycles. The van der Waals surface area contributed by atoms with Crippen molar-refractivity contribution in [2.75, 3.05) is 0 Å². The molecule has 0 amide bonds. The van der Waals surface area contributed by atoms with Gasteiger partial charge in [-0.2, -0.15) is 26.3 Å². The molecule has 0 aromatic heterocycles. The maximum Gasteiger partial charge on any atom is 0.416 e. The van der Waals surface area contributed by atoms with Crippen LogP contribution in [0.1, 0.15) is 31.0 Å². The fraction of sp³-hybridized carbons (Fsp3) is 0.500. The van der Waals surface area contributed by atoms with Crippen molar-refractivity contribution in [2.24, 2.45) is 0 Å². The Labute approximate surface area is 106 Å². The smallest absolute Gasteiger partial charge is 0.300 e. The van der Waals surface area contributed by atoms with Gasteiger partial charge in [-0.25, -0.2) is 0 Å². The number of benzene rings is 1. The first-order chi connectivity index (χ1) is 8.51. The Morgan fingerprint density at radius 2 is 1.37 bits per heavy atom. The molecule has 7 heteroatoms. The Kier molecular flexibility index (Phi) is 4.50. The minimum Gasteiger partial charge on any atom is -0.300 e. The van der Waals surface area contributed by atoms with Crippen molar-refractivity contribution in [1.29, 1.82) is 0 Å². The van der Waals surface area contributed by atoms with E-state index in [-0.39, 0.29) is 5.56 Å². The van der Waals surface area contributed by atoms with E-state index in [1.807, 2.05) is 0 Å². The van der Waals surface area contributed by atoms with E-state index in [0.29, 0.717) is 12.1 Å². The van der Waals surface area contributed by atoms with Crippen LogP contribution in [-0.4, -0.2) is 12.2 Å². The molecular formula is C12H13F6N. The van der Waals surface area contributed by atoms with Crippen LogP contribution in [0.2, 0.25) is 0 Å². The lowest BCUT2D eigenvalue weighted by Crippen LogP contribution is -2.38. The molecule has 19 heavy (non-hydrogen) atoms. The Bertz CT molecular complexity index is 404. The summed E-state index contributed by atoms with van der Waals surface area (Å²) in [7, 11) is 0. The highest BCUT2D eigenvalue weighted by atomic mass is 19.4. The van der Waals surface area contributed by atoms with Crippen LogP contribution in [0.15, 0.2) is 24.3 Å². The Balaban J connectivity index is 3.05. The van der Waals surface area contributed by atoms with E-state index in [0.717, 1.165) is 12.1 Å². The lowest BCUT2D eigenvalue weighted by molar-refractivity contribution is -0.159. The van der Waals surface area contributed by atoms with E-state index < -0.39 is 30.0 Å². The van der Waals surface area contributed by atoms with Crippen molar-refractivity contribution in [3.05, 3.63) is 35.4 Å². The van der Waals surface area contributed by atoms with E-state index in [1.165, 1.54) is 13.8 Å². The quantitative estimate of drug-likeness (QED) is 0.816. The normalized spacial score (nSPS) is 14.8. The average molecular weight is 285 g/mol. The van der Waals surface area contributed by atoms with Gasteiger partial charge in [-0.05, 0) is 17.7 Å². The number of hydrogen-bond acceptors (Lipinski definition) is 1. The summed E-state index contributed by atoms with van der Waals surface area (Å²) < 4.78 is 75.4. The number of alkyl halides is 6. The predicted octanol–water partition coefficient (Wildman–Crippen LogP) is 4.31. The molecule has 1 rings (SSSR count). The van der Waals surface area contributed by atoms with Crippen LogP contribution in [0, 0.1) is 0 Å². The molecule has 1 aromatic rings. The van der Waals surface area contributed by atoms with Gasteiger partial charge >= 0.3 is 12.4 Å². The van der Waals surface area contributed by atoms with Crippen LogP contribution in [0.25, 0.3) is 0 Å². The molecule has 0 unspecified atom stereocenters. The average Bonchev–Trinajstić information content (AvgIpc) is 2.23. The van der Waals surface area contributed by atoms with Gasteiger partial charge in [-0.3, -0.25) is 0 Å². The van der Waals surface area contributed by atoms with Gasteiger partial charge < -0.3 is 5.32 Å². The van der Waals surface area contributed by atoms with Gasteiger partial charge in [0.2, 0.25) is 0 Å². The molecular weight excluding hydrogens is 272 g/mol. The van der Waals surface area contributed by atoms with E-state index >= 15 is 0 Å². The topological polar surface area (TPSA) is 12.0 Å². The molecule has 108 valence electrons. The minimum absolute atomic E-state index is 0.241. The number of halogens is 6. The SMILES string of the molecule is CC(C)N[C@H](c1ccc(C(F)(F)F)cc1)C(F)(F)F. The second kappa shape index (κ2) is 5.40. The molecule has 0 aliphatic heterocycles. The van der Waals surface area contributed by atoms with Crippen LogP contribution in [0.3, 0.4) is 0 Å². The van der Waals surface area contributed by atoms with Crippen molar-refractivity contribution >= 4 is 0 Å². The van der Waals surface area contributed by atoms with Gasteiger partial charge in [0.1, 0.15) is 6.04 Å². The number of rotatable bonds is 3. The Morgan fingerprint density at radius 3 is 1.68 bits per heavy atom. The third-order valence-electron chi connectivity index (χ3n) is 2.40. The third kappa shape index (κ3) is 4.41. The second-order valence-corrected chi connectivity index (χ2v) is 4.42. The first-order valence-electron chi connectivity index (χ1n) is 5.51. The summed E-state index contributed by atoms with van der Waals surface area (Å²) in [5.74, 6) is 0.